The highest BCUT2D eigenvalue weighted by molar-refractivity contribution is 7.99. The van der Waals surface area contributed by atoms with Crippen molar-refractivity contribution in [2.75, 3.05) is 12.4 Å². The normalized spacial score (nSPS) is 15.9. The van der Waals surface area contributed by atoms with Gasteiger partial charge in [-0.25, -0.2) is 0 Å². The van der Waals surface area contributed by atoms with Crippen molar-refractivity contribution in [3.8, 4) is 5.75 Å². The van der Waals surface area contributed by atoms with Crippen molar-refractivity contribution >= 4 is 11.8 Å². The lowest BCUT2D eigenvalue weighted by molar-refractivity contribution is 0.125. The number of ether oxygens (including phenoxy) is 1. The third-order valence-electron chi connectivity index (χ3n) is 4.54. The summed E-state index contributed by atoms with van der Waals surface area (Å²) < 4.78 is 8.09. The minimum Gasteiger partial charge on any atom is -0.491 e. The van der Waals surface area contributed by atoms with E-state index in [1.807, 2.05) is 18.2 Å². The van der Waals surface area contributed by atoms with Crippen LogP contribution in [0.4, 0.5) is 0 Å². The van der Waals surface area contributed by atoms with Crippen molar-refractivity contribution in [2.45, 2.75) is 69.7 Å². The van der Waals surface area contributed by atoms with Crippen LogP contribution in [0.15, 0.2) is 29.4 Å². The number of hydrogen-bond acceptors (Lipinski definition) is 5. The molecule has 0 bridgehead atoms. The standard InChI is InChI=1S/C20H29N3O2S/c1-5-23-18(14-10-11-14)21-22-19(23)26-13-15(24)12-25-17-9-7-6-8-16(17)20(2,3)4/h6-9,14-15,24H,5,10-13H2,1-4H3. The quantitative estimate of drug-likeness (QED) is 0.707. The number of benzene rings is 1. The molecule has 1 unspecified atom stereocenters. The van der Waals surface area contributed by atoms with E-state index < -0.39 is 6.10 Å². The maximum Gasteiger partial charge on any atom is 0.191 e. The highest BCUT2D eigenvalue weighted by atomic mass is 32.2. The van der Waals surface area contributed by atoms with Crippen molar-refractivity contribution in [1.82, 2.24) is 14.8 Å². The zero-order valence-corrected chi connectivity index (χ0v) is 16.9. The summed E-state index contributed by atoms with van der Waals surface area (Å²) in [5.74, 6) is 3.07. The van der Waals surface area contributed by atoms with Crippen LogP contribution in [-0.4, -0.2) is 38.3 Å². The van der Waals surface area contributed by atoms with Gasteiger partial charge in [0, 0.05) is 18.2 Å². The maximum atomic E-state index is 10.4. The van der Waals surface area contributed by atoms with Crippen molar-refractivity contribution in [3.05, 3.63) is 35.7 Å². The van der Waals surface area contributed by atoms with Crippen molar-refractivity contribution < 1.29 is 9.84 Å². The third-order valence-corrected chi connectivity index (χ3v) is 5.65. The van der Waals surface area contributed by atoms with E-state index in [9.17, 15) is 5.11 Å². The molecule has 0 radical (unpaired) electrons. The molecule has 1 heterocycles. The third kappa shape index (κ3) is 4.60. The highest BCUT2D eigenvalue weighted by Crippen LogP contribution is 2.40. The van der Waals surface area contributed by atoms with Gasteiger partial charge >= 0.3 is 0 Å². The molecule has 0 amide bonds. The van der Waals surface area contributed by atoms with Crippen molar-refractivity contribution in [1.29, 1.82) is 0 Å². The molecule has 1 atom stereocenters. The van der Waals surface area contributed by atoms with E-state index in [0.717, 1.165) is 28.8 Å². The Bertz CT molecular complexity index is 735. The first-order valence-corrected chi connectivity index (χ1v) is 10.3. The number of rotatable bonds is 8. The Kier molecular flexibility index (Phi) is 5.92. The van der Waals surface area contributed by atoms with Gasteiger partial charge in [0.2, 0.25) is 0 Å². The van der Waals surface area contributed by atoms with Crippen LogP contribution < -0.4 is 4.74 Å². The van der Waals surface area contributed by atoms with Gasteiger partial charge in [-0.3, -0.25) is 0 Å². The summed E-state index contributed by atoms with van der Waals surface area (Å²) in [6.45, 7) is 9.74. The van der Waals surface area contributed by atoms with E-state index in [1.165, 1.54) is 12.8 Å². The van der Waals surface area contributed by atoms with Gasteiger partial charge in [0.1, 0.15) is 18.2 Å². The number of nitrogens with zero attached hydrogens (tertiary/aromatic N) is 3. The summed E-state index contributed by atoms with van der Waals surface area (Å²) >= 11 is 1.55. The second-order valence-electron chi connectivity index (χ2n) is 7.88. The van der Waals surface area contributed by atoms with Crippen molar-refractivity contribution in [3.63, 3.8) is 0 Å². The Morgan fingerprint density at radius 3 is 2.65 bits per heavy atom. The molecule has 1 N–H and O–H groups in total. The van der Waals surface area contributed by atoms with E-state index in [-0.39, 0.29) is 12.0 Å². The second kappa shape index (κ2) is 8.01. The van der Waals surface area contributed by atoms with Crippen LogP contribution in [0.1, 0.15) is 57.8 Å². The Hall–Kier alpha value is -1.53. The van der Waals surface area contributed by atoms with Crippen LogP contribution in [-0.2, 0) is 12.0 Å². The SMILES string of the molecule is CCn1c(SCC(O)COc2ccccc2C(C)(C)C)nnc1C1CC1. The molecule has 1 fully saturated rings. The number of aliphatic hydroxyl groups is 1. The lowest BCUT2D eigenvalue weighted by Gasteiger charge is -2.23. The number of hydrogen-bond donors (Lipinski definition) is 1. The lowest BCUT2D eigenvalue weighted by Crippen LogP contribution is -2.22. The largest absolute Gasteiger partial charge is 0.491 e. The molecule has 1 aliphatic carbocycles. The van der Waals surface area contributed by atoms with Gasteiger partial charge in [0.25, 0.3) is 0 Å². The molecular weight excluding hydrogens is 346 g/mol. The minimum atomic E-state index is -0.556. The van der Waals surface area contributed by atoms with Crippen molar-refractivity contribution in [2.24, 2.45) is 0 Å². The fourth-order valence-corrected chi connectivity index (χ4v) is 3.88. The molecule has 1 aromatic carbocycles. The zero-order chi connectivity index (χ0) is 18.7. The average Bonchev–Trinajstić information content (AvgIpc) is 3.37. The summed E-state index contributed by atoms with van der Waals surface area (Å²) in [4.78, 5) is 0. The Labute approximate surface area is 160 Å². The topological polar surface area (TPSA) is 60.2 Å². The van der Waals surface area contributed by atoms with Gasteiger partial charge in [-0.05, 0) is 36.8 Å². The van der Waals surface area contributed by atoms with Gasteiger partial charge in [-0.2, -0.15) is 0 Å². The number of aliphatic hydroxyl groups excluding tert-OH is 1. The van der Waals surface area contributed by atoms with Gasteiger partial charge < -0.3 is 14.4 Å². The van der Waals surface area contributed by atoms with Gasteiger partial charge in [0.05, 0.1) is 6.10 Å². The molecule has 0 spiro atoms. The summed E-state index contributed by atoms with van der Waals surface area (Å²) in [5.41, 5.74) is 1.16. The number of aromatic nitrogens is 3. The minimum absolute atomic E-state index is 0.00700. The Balaban J connectivity index is 1.55. The fourth-order valence-electron chi connectivity index (χ4n) is 2.96. The molecular formula is C20H29N3O2S. The molecule has 0 saturated heterocycles. The second-order valence-corrected chi connectivity index (χ2v) is 8.87. The van der Waals surface area contributed by atoms with Crippen LogP contribution in [0, 0.1) is 0 Å². The van der Waals surface area contributed by atoms with Gasteiger partial charge in [-0.1, -0.05) is 50.7 Å². The molecule has 1 aromatic heterocycles. The van der Waals surface area contributed by atoms with E-state index >= 15 is 0 Å². The molecule has 142 valence electrons. The Morgan fingerprint density at radius 1 is 1.27 bits per heavy atom. The molecule has 26 heavy (non-hydrogen) atoms. The molecule has 6 heteroatoms. The summed E-state index contributed by atoms with van der Waals surface area (Å²) in [7, 11) is 0. The maximum absolute atomic E-state index is 10.4. The average molecular weight is 376 g/mol. The van der Waals surface area contributed by atoms with Gasteiger partial charge in [-0.15, -0.1) is 10.2 Å². The van der Waals surface area contributed by atoms with E-state index in [0.29, 0.717) is 11.7 Å². The molecule has 1 aliphatic rings. The summed E-state index contributed by atoms with van der Waals surface area (Å²) in [6, 6.07) is 8.04. The van der Waals surface area contributed by atoms with Crippen LogP contribution in [0.5, 0.6) is 5.75 Å². The number of para-hydroxylation sites is 1. The van der Waals surface area contributed by atoms with Gasteiger partial charge in [0.15, 0.2) is 5.16 Å². The zero-order valence-electron chi connectivity index (χ0n) is 16.1. The molecule has 3 rings (SSSR count). The fraction of sp³-hybridized carbons (Fsp3) is 0.600. The molecule has 0 aliphatic heterocycles. The van der Waals surface area contributed by atoms with Crippen LogP contribution in [0.25, 0.3) is 0 Å². The first-order valence-electron chi connectivity index (χ1n) is 9.36. The van der Waals surface area contributed by atoms with Crippen LogP contribution in [0.2, 0.25) is 0 Å². The number of thioether (sulfide) groups is 1. The smallest absolute Gasteiger partial charge is 0.191 e. The predicted molar refractivity (Wildman–Crippen MR) is 105 cm³/mol. The first kappa shape index (κ1) is 19.2. The molecule has 5 nitrogen and oxygen atoms in total. The highest BCUT2D eigenvalue weighted by Gasteiger charge is 2.30. The Morgan fingerprint density at radius 2 is 2.00 bits per heavy atom. The van der Waals surface area contributed by atoms with Crippen LogP contribution in [0.3, 0.4) is 0 Å². The summed E-state index contributed by atoms with van der Waals surface area (Å²) in [6.07, 6.45) is 1.87. The van der Waals surface area contributed by atoms with E-state index in [1.54, 1.807) is 11.8 Å². The molecule has 1 saturated carbocycles. The summed E-state index contributed by atoms with van der Waals surface area (Å²) in [5, 5.41) is 19.9. The molecule has 2 aromatic rings. The monoisotopic (exact) mass is 375 g/mol. The van der Waals surface area contributed by atoms with E-state index in [2.05, 4.69) is 48.5 Å². The first-order chi connectivity index (χ1) is 12.4. The predicted octanol–water partition coefficient (Wildman–Crippen LogP) is 4.00. The van der Waals surface area contributed by atoms with E-state index in [4.69, 9.17) is 4.74 Å². The lowest BCUT2D eigenvalue weighted by atomic mass is 9.86. The van der Waals surface area contributed by atoms with Crippen LogP contribution >= 0.6 is 11.8 Å².